The van der Waals surface area contributed by atoms with E-state index in [1.165, 1.54) is 12.3 Å². The lowest BCUT2D eigenvalue weighted by Gasteiger charge is -2.36. The molecule has 2 rings (SSSR count). The van der Waals surface area contributed by atoms with Crippen LogP contribution in [0.5, 0.6) is 0 Å². The summed E-state index contributed by atoms with van der Waals surface area (Å²) in [4.78, 5) is 5.83. The summed E-state index contributed by atoms with van der Waals surface area (Å²) in [6.45, 7) is 3.27. The Labute approximate surface area is 112 Å². The highest BCUT2D eigenvalue weighted by Crippen LogP contribution is 2.37. The predicted molar refractivity (Wildman–Crippen MR) is 67.9 cm³/mol. The van der Waals surface area contributed by atoms with Gasteiger partial charge in [-0.25, -0.2) is 4.98 Å². The molecule has 0 amide bonds. The summed E-state index contributed by atoms with van der Waals surface area (Å²) >= 11 is 3.52. The van der Waals surface area contributed by atoms with Gasteiger partial charge >= 0.3 is 6.18 Å². The van der Waals surface area contributed by atoms with E-state index in [1.807, 2.05) is 0 Å². The molecule has 2 nitrogen and oxygen atoms in total. The Bertz CT molecular complexity index is 422. The van der Waals surface area contributed by atoms with Crippen molar-refractivity contribution in [3.8, 4) is 0 Å². The molecular formula is C12H14BrF3N2. The Morgan fingerprint density at radius 3 is 2.78 bits per heavy atom. The van der Waals surface area contributed by atoms with Gasteiger partial charge in [0.2, 0.25) is 0 Å². The molecule has 2 atom stereocenters. The lowest BCUT2D eigenvalue weighted by molar-refractivity contribution is -0.137. The average molecular weight is 323 g/mol. The largest absolute Gasteiger partial charge is 0.419 e. The van der Waals surface area contributed by atoms with Crippen LogP contribution in [-0.4, -0.2) is 22.9 Å². The molecule has 100 valence electrons. The van der Waals surface area contributed by atoms with Gasteiger partial charge in [-0.1, -0.05) is 22.9 Å². The first-order valence-electron chi connectivity index (χ1n) is 5.81. The van der Waals surface area contributed by atoms with Crippen LogP contribution in [0.1, 0.15) is 18.9 Å². The summed E-state index contributed by atoms with van der Waals surface area (Å²) in [6.07, 6.45) is -2.08. The maximum Gasteiger partial charge on any atom is 0.419 e. The zero-order valence-electron chi connectivity index (χ0n) is 9.91. The molecule has 1 aliphatic rings. The van der Waals surface area contributed by atoms with Crippen LogP contribution in [0.4, 0.5) is 19.0 Å². The number of hydrogen-bond acceptors (Lipinski definition) is 2. The van der Waals surface area contributed by atoms with Gasteiger partial charge in [0.05, 0.1) is 5.56 Å². The van der Waals surface area contributed by atoms with E-state index in [0.29, 0.717) is 19.0 Å². The molecule has 1 aromatic rings. The molecular weight excluding hydrogens is 309 g/mol. The minimum atomic E-state index is -4.35. The van der Waals surface area contributed by atoms with Crippen molar-refractivity contribution >= 4 is 21.7 Å². The van der Waals surface area contributed by atoms with Gasteiger partial charge in [-0.2, -0.15) is 13.2 Å². The van der Waals surface area contributed by atoms with Gasteiger partial charge in [0, 0.05) is 24.1 Å². The van der Waals surface area contributed by atoms with E-state index in [9.17, 15) is 13.2 Å². The molecule has 1 aliphatic heterocycles. The zero-order valence-corrected chi connectivity index (χ0v) is 11.5. The molecule has 2 heterocycles. The molecule has 0 bridgehead atoms. The van der Waals surface area contributed by atoms with Crippen LogP contribution in [0.2, 0.25) is 0 Å². The van der Waals surface area contributed by atoms with Gasteiger partial charge in [0.25, 0.3) is 0 Å². The quantitative estimate of drug-likeness (QED) is 0.733. The Hall–Kier alpha value is -0.780. The number of anilines is 1. The van der Waals surface area contributed by atoms with Crippen molar-refractivity contribution in [3.05, 3.63) is 23.9 Å². The van der Waals surface area contributed by atoms with Crippen molar-refractivity contribution < 1.29 is 13.2 Å². The second kappa shape index (κ2) is 5.07. The maximum atomic E-state index is 12.9. The molecule has 0 radical (unpaired) electrons. The standard InChI is InChI=1S/C12H14BrF3N2/c1-8-4-6-18(7-10(8)13)11-9(12(14,15)16)3-2-5-17-11/h2-3,5,8,10H,4,6-7H2,1H3. The van der Waals surface area contributed by atoms with E-state index in [4.69, 9.17) is 0 Å². The van der Waals surface area contributed by atoms with Crippen LogP contribution >= 0.6 is 15.9 Å². The predicted octanol–water partition coefficient (Wildman–Crippen LogP) is 3.71. The normalized spacial score (nSPS) is 25.3. The number of alkyl halides is 4. The fraction of sp³-hybridized carbons (Fsp3) is 0.583. The molecule has 1 saturated heterocycles. The molecule has 18 heavy (non-hydrogen) atoms. The van der Waals surface area contributed by atoms with Gasteiger partial charge in [-0.15, -0.1) is 0 Å². The summed E-state index contributed by atoms with van der Waals surface area (Å²) in [7, 11) is 0. The molecule has 0 aliphatic carbocycles. The van der Waals surface area contributed by atoms with E-state index in [0.717, 1.165) is 12.5 Å². The van der Waals surface area contributed by atoms with Crippen molar-refractivity contribution in [1.82, 2.24) is 4.98 Å². The number of piperidine rings is 1. The maximum absolute atomic E-state index is 12.9. The van der Waals surface area contributed by atoms with Gasteiger partial charge in [0.1, 0.15) is 5.82 Å². The second-order valence-electron chi connectivity index (χ2n) is 4.60. The lowest BCUT2D eigenvalue weighted by atomic mass is 9.98. The topological polar surface area (TPSA) is 16.1 Å². The molecule has 1 fully saturated rings. The first-order chi connectivity index (χ1) is 8.39. The number of rotatable bonds is 1. The number of halogens is 4. The molecule has 1 aromatic heterocycles. The Morgan fingerprint density at radius 2 is 2.17 bits per heavy atom. The number of aromatic nitrogens is 1. The number of hydrogen-bond donors (Lipinski definition) is 0. The molecule has 2 unspecified atom stereocenters. The van der Waals surface area contributed by atoms with E-state index in [-0.39, 0.29) is 10.6 Å². The zero-order chi connectivity index (χ0) is 13.3. The molecule has 0 N–H and O–H groups in total. The fourth-order valence-corrected chi connectivity index (χ4v) is 2.70. The monoisotopic (exact) mass is 322 g/mol. The third kappa shape index (κ3) is 2.79. The smallest absolute Gasteiger partial charge is 0.355 e. The van der Waals surface area contributed by atoms with Crippen LogP contribution in [-0.2, 0) is 6.18 Å². The van der Waals surface area contributed by atoms with Crippen molar-refractivity contribution in [3.63, 3.8) is 0 Å². The first-order valence-corrected chi connectivity index (χ1v) is 6.72. The molecule has 0 spiro atoms. The third-order valence-corrected chi connectivity index (χ3v) is 4.45. The van der Waals surface area contributed by atoms with Crippen molar-refractivity contribution in [2.24, 2.45) is 5.92 Å². The van der Waals surface area contributed by atoms with Gasteiger partial charge in [-0.3, -0.25) is 0 Å². The van der Waals surface area contributed by atoms with E-state index < -0.39 is 11.7 Å². The highest BCUT2D eigenvalue weighted by Gasteiger charge is 2.37. The van der Waals surface area contributed by atoms with Gasteiger partial charge in [-0.05, 0) is 24.5 Å². The molecule has 0 aromatic carbocycles. The summed E-state index contributed by atoms with van der Waals surface area (Å²) < 4.78 is 38.7. The summed E-state index contributed by atoms with van der Waals surface area (Å²) in [5.41, 5.74) is -0.653. The van der Waals surface area contributed by atoms with Crippen molar-refractivity contribution in [1.29, 1.82) is 0 Å². The van der Waals surface area contributed by atoms with Crippen LogP contribution in [0.3, 0.4) is 0 Å². The first kappa shape index (κ1) is 13.6. The number of pyridine rings is 1. The van der Waals surface area contributed by atoms with Crippen LogP contribution < -0.4 is 4.90 Å². The van der Waals surface area contributed by atoms with Crippen LogP contribution in [0.15, 0.2) is 18.3 Å². The average Bonchev–Trinajstić information content (AvgIpc) is 2.32. The Balaban J connectivity index is 2.29. The SMILES string of the molecule is CC1CCN(c2ncccc2C(F)(F)F)CC1Br. The van der Waals surface area contributed by atoms with Crippen molar-refractivity contribution in [2.45, 2.75) is 24.3 Å². The summed E-state index contributed by atoms with van der Waals surface area (Å²) in [6, 6.07) is 2.41. The van der Waals surface area contributed by atoms with Crippen molar-refractivity contribution in [2.75, 3.05) is 18.0 Å². The molecule has 0 saturated carbocycles. The second-order valence-corrected chi connectivity index (χ2v) is 5.78. The van der Waals surface area contributed by atoms with E-state index in [1.54, 1.807) is 4.90 Å². The minimum absolute atomic E-state index is 0.0429. The van der Waals surface area contributed by atoms with Crippen LogP contribution in [0, 0.1) is 5.92 Å². The lowest BCUT2D eigenvalue weighted by Crippen LogP contribution is -2.41. The number of nitrogens with zero attached hydrogens (tertiary/aromatic N) is 2. The van der Waals surface area contributed by atoms with Crippen LogP contribution in [0.25, 0.3) is 0 Å². The summed E-state index contributed by atoms with van der Waals surface area (Å²) in [5.74, 6) is 0.514. The van der Waals surface area contributed by atoms with Gasteiger partial charge < -0.3 is 4.90 Å². The van der Waals surface area contributed by atoms with Gasteiger partial charge in [0.15, 0.2) is 0 Å². The minimum Gasteiger partial charge on any atom is -0.355 e. The van der Waals surface area contributed by atoms with E-state index in [2.05, 4.69) is 27.8 Å². The highest BCUT2D eigenvalue weighted by molar-refractivity contribution is 9.09. The van der Waals surface area contributed by atoms with E-state index >= 15 is 0 Å². The summed E-state index contributed by atoms with van der Waals surface area (Å²) in [5, 5.41) is 0. The Morgan fingerprint density at radius 1 is 1.44 bits per heavy atom. The fourth-order valence-electron chi connectivity index (χ4n) is 2.08. The molecule has 6 heteroatoms. The highest BCUT2D eigenvalue weighted by atomic mass is 79.9. The Kier molecular flexibility index (Phi) is 3.84. The third-order valence-electron chi connectivity index (χ3n) is 3.26.